The monoisotopic (exact) mass is 373 g/mol. The molecule has 0 aliphatic heterocycles. The Bertz CT molecular complexity index is 994. The molecule has 4 rings (SSSR count). The van der Waals surface area contributed by atoms with Gasteiger partial charge in [0.2, 0.25) is 10.0 Å². The summed E-state index contributed by atoms with van der Waals surface area (Å²) in [4.78, 5) is 0.139. The van der Waals surface area contributed by atoms with Crippen molar-refractivity contribution in [2.45, 2.75) is 29.8 Å². The molecule has 0 spiro atoms. The minimum Gasteiger partial charge on any atom is -0.469 e. The van der Waals surface area contributed by atoms with E-state index >= 15 is 0 Å². The highest BCUT2D eigenvalue weighted by molar-refractivity contribution is 7.89. The largest absolute Gasteiger partial charge is 0.469 e. The van der Waals surface area contributed by atoms with E-state index in [1.807, 2.05) is 0 Å². The van der Waals surface area contributed by atoms with Gasteiger partial charge in [-0.1, -0.05) is 0 Å². The van der Waals surface area contributed by atoms with E-state index in [9.17, 15) is 13.5 Å². The van der Waals surface area contributed by atoms with E-state index in [0.29, 0.717) is 12.0 Å². The van der Waals surface area contributed by atoms with E-state index in [1.165, 1.54) is 18.4 Å². The number of sulfonamides is 1. The SMILES string of the molecule is O=S(=O)(NC[C@]1(O)CCCc2occc21)c1ccc(-n2cccn2)cc1. The molecule has 0 amide bonds. The molecule has 1 aliphatic carbocycles. The Morgan fingerprint density at radius 1 is 1.27 bits per heavy atom. The van der Waals surface area contributed by atoms with Gasteiger partial charge in [0.15, 0.2) is 0 Å². The Morgan fingerprint density at radius 3 is 2.81 bits per heavy atom. The summed E-state index contributed by atoms with van der Waals surface area (Å²) in [5.41, 5.74) is 0.186. The van der Waals surface area contributed by atoms with Gasteiger partial charge in [0.1, 0.15) is 11.4 Å². The second-order valence-corrected chi connectivity index (χ2v) is 8.18. The topological polar surface area (TPSA) is 97.4 Å². The summed E-state index contributed by atoms with van der Waals surface area (Å²) in [6.45, 7) is -0.0945. The summed E-state index contributed by atoms with van der Waals surface area (Å²) in [6.07, 6.45) is 6.96. The van der Waals surface area contributed by atoms with E-state index < -0.39 is 15.6 Å². The first-order valence-electron chi connectivity index (χ1n) is 8.37. The molecule has 2 aromatic heterocycles. The smallest absolute Gasteiger partial charge is 0.240 e. The Labute approximate surface area is 151 Å². The van der Waals surface area contributed by atoms with Gasteiger partial charge in [0.05, 0.1) is 16.8 Å². The van der Waals surface area contributed by atoms with Crippen molar-refractivity contribution in [3.63, 3.8) is 0 Å². The molecule has 0 unspecified atom stereocenters. The lowest BCUT2D eigenvalue weighted by Crippen LogP contribution is -2.42. The molecule has 1 atom stereocenters. The fraction of sp³-hybridized carbons (Fsp3) is 0.278. The molecular weight excluding hydrogens is 354 g/mol. The molecule has 1 aromatic carbocycles. The van der Waals surface area contributed by atoms with Crippen LogP contribution >= 0.6 is 0 Å². The minimum atomic E-state index is -3.74. The van der Waals surface area contributed by atoms with Gasteiger partial charge in [0.25, 0.3) is 0 Å². The molecule has 0 saturated carbocycles. The lowest BCUT2D eigenvalue weighted by Gasteiger charge is -2.31. The summed E-state index contributed by atoms with van der Waals surface area (Å²) in [6, 6.07) is 9.92. The Balaban J connectivity index is 1.51. The average molecular weight is 373 g/mol. The van der Waals surface area contributed by atoms with Crippen LogP contribution in [0, 0.1) is 0 Å². The third-order valence-electron chi connectivity index (χ3n) is 4.71. The van der Waals surface area contributed by atoms with Gasteiger partial charge in [0, 0.05) is 30.9 Å². The number of hydrogen-bond donors (Lipinski definition) is 2. The van der Waals surface area contributed by atoms with Crippen LogP contribution in [0.5, 0.6) is 0 Å². The Hall–Kier alpha value is -2.42. The van der Waals surface area contributed by atoms with Crippen LogP contribution in [0.25, 0.3) is 5.69 Å². The highest BCUT2D eigenvalue weighted by Gasteiger charge is 2.37. The summed E-state index contributed by atoms with van der Waals surface area (Å²) in [7, 11) is -3.74. The number of aromatic nitrogens is 2. The van der Waals surface area contributed by atoms with Crippen molar-refractivity contribution in [3.05, 3.63) is 66.4 Å². The number of furan rings is 1. The molecule has 7 nitrogen and oxygen atoms in total. The maximum absolute atomic E-state index is 12.6. The molecule has 136 valence electrons. The van der Waals surface area contributed by atoms with E-state index in [0.717, 1.165) is 24.3 Å². The van der Waals surface area contributed by atoms with Gasteiger partial charge in [-0.3, -0.25) is 0 Å². The van der Waals surface area contributed by atoms with Crippen molar-refractivity contribution < 1.29 is 17.9 Å². The number of benzene rings is 1. The molecule has 8 heteroatoms. The fourth-order valence-corrected chi connectivity index (χ4v) is 4.40. The van der Waals surface area contributed by atoms with Gasteiger partial charge in [-0.2, -0.15) is 5.10 Å². The summed E-state index contributed by atoms with van der Waals surface area (Å²) in [5.74, 6) is 0.724. The standard InChI is InChI=1S/C18H19N3O4S/c22-18(9-1-3-17-16(18)8-12-25-17)13-20-26(23,24)15-6-4-14(5-7-15)21-11-2-10-19-21/h2,4-8,10-12,20,22H,1,3,9,13H2/t18-/m1/s1. The molecular formula is C18H19N3O4S. The molecule has 0 saturated heterocycles. The molecule has 0 bridgehead atoms. The van der Waals surface area contributed by atoms with Crippen LogP contribution in [0.3, 0.4) is 0 Å². The number of nitrogens with zero attached hydrogens (tertiary/aromatic N) is 2. The lowest BCUT2D eigenvalue weighted by molar-refractivity contribution is 0.0221. The maximum Gasteiger partial charge on any atom is 0.240 e. The van der Waals surface area contributed by atoms with Crippen LogP contribution in [0.15, 0.2) is 64.4 Å². The number of fused-ring (bicyclic) bond motifs is 1. The van der Waals surface area contributed by atoms with Crippen LogP contribution in [-0.2, 0) is 22.0 Å². The first-order valence-corrected chi connectivity index (χ1v) is 9.85. The summed E-state index contributed by atoms with van der Waals surface area (Å²) in [5, 5.41) is 15.0. The van der Waals surface area contributed by atoms with Crippen molar-refractivity contribution >= 4 is 10.0 Å². The number of rotatable bonds is 5. The second kappa shape index (κ2) is 6.39. The van der Waals surface area contributed by atoms with Crippen molar-refractivity contribution in [3.8, 4) is 5.69 Å². The quantitative estimate of drug-likeness (QED) is 0.713. The number of aryl methyl sites for hydroxylation is 1. The molecule has 26 heavy (non-hydrogen) atoms. The normalized spacial score (nSPS) is 20.0. The number of hydrogen-bond acceptors (Lipinski definition) is 5. The highest BCUT2D eigenvalue weighted by atomic mass is 32.2. The van der Waals surface area contributed by atoms with Crippen molar-refractivity contribution in [1.82, 2.24) is 14.5 Å². The zero-order valence-electron chi connectivity index (χ0n) is 14.0. The van der Waals surface area contributed by atoms with Crippen molar-refractivity contribution in [2.24, 2.45) is 0 Å². The average Bonchev–Trinajstić information content (AvgIpc) is 3.33. The van der Waals surface area contributed by atoms with Gasteiger partial charge in [-0.25, -0.2) is 17.8 Å². The second-order valence-electron chi connectivity index (χ2n) is 6.41. The predicted octanol–water partition coefficient (Wildman–Crippen LogP) is 1.97. The minimum absolute atomic E-state index is 0.0945. The summed E-state index contributed by atoms with van der Waals surface area (Å²) >= 11 is 0. The maximum atomic E-state index is 12.6. The Kier molecular flexibility index (Phi) is 4.18. The van der Waals surface area contributed by atoms with Crippen LogP contribution in [0.4, 0.5) is 0 Å². The van der Waals surface area contributed by atoms with E-state index in [1.54, 1.807) is 41.3 Å². The van der Waals surface area contributed by atoms with Crippen LogP contribution < -0.4 is 4.72 Å². The number of aliphatic hydroxyl groups is 1. The summed E-state index contributed by atoms with van der Waals surface area (Å²) < 4.78 is 34.7. The van der Waals surface area contributed by atoms with Crippen molar-refractivity contribution in [2.75, 3.05) is 6.54 Å². The van der Waals surface area contributed by atoms with Crippen LogP contribution in [0.1, 0.15) is 24.2 Å². The zero-order chi connectivity index (χ0) is 18.2. The third-order valence-corrected chi connectivity index (χ3v) is 6.13. The third kappa shape index (κ3) is 3.07. The predicted molar refractivity (Wildman–Crippen MR) is 94.3 cm³/mol. The van der Waals surface area contributed by atoms with Crippen LogP contribution in [-0.4, -0.2) is 29.8 Å². The molecule has 3 aromatic rings. The number of nitrogens with one attached hydrogen (secondary N) is 1. The van der Waals surface area contributed by atoms with Gasteiger partial charge in [-0.05, 0) is 49.2 Å². The Morgan fingerprint density at radius 2 is 2.08 bits per heavy atom. The van der Waals surface area contributed by atoms with Crippen LogP contribution in [0.2, 0.25) is 0 Å². The van der Waals surface area contributed by atoms with E-state index in [4.69, 9.17) is 4.42 Å². The molecule has 1 aliphatic rings. The molecule has 0 radical (unpaired) electrons. The lowest BCUT2D eigenvalue weighted by atomic mass is 9.83. The van der Waals surface area contributed by atoms with Gasteiger partial charge >= 0.3 is 0 Å². The fourth-order valence-electron chi connectivity index (χ4n) is 3.31. The first-order chi connectivity index (χ1) is 12.5. The van der Waals surface area contributed by atoms with Gasteiger partial charge in [-0.15, -0.1) is 0 Å². The molecule has 2 N–H and O–H groups in total. The first kappa shape index (κ1) is 17.0. The van der Waals surface area contributed by atoms with E-state index in [2.05, 4.69) is 9.82 Å². The van der Waals surface area contributed by atoms with E-state index in [-0.39, 0.29) is 11.4 Å². The zero-order valence-corrected chi connectivity index (χ0v) is 14.8. The molecule has 2 heterocycles. The molecule has 0 fully saturated rings. The van der Waals surface area contributed by atoms with Gasteiger partial charge < -0.3 is 9.52 Å². The van der Waals surface area contributed by atoms with Crippen molar-refractivity contribution in [1.29, 1.82) is 0 Å². The highest BCUT2D eigenvalue weighted by Crippen LogP contribution is 2.35.